The molecule has 42 heavy (non-hydrogen) atoms. The number of nitrogens with zero attached hydrogens (tertiary/aromatic N) is 5. The maximum atomic E-state index is 13.9. The van der Waals surface area contributed by atoms with Gasteiger partial charge in [-0.05, 0) is 49.6 Å². The van der Waals surface area contributed by atoms with Gasteiger partial charge in [-0.1, -0.05) is 6.07 Å². The fraction of sp³-hybridized carbons (Fsp3) is 0.407. The number of nitrogens with one attached hydrogen (secondary N) is 1. The van der Waals surface area contributed by atoms with Crippen molar-refractivity contribution in [2.45, 2.75) is 31.6 Å². The second-order valence-electron chi connectivity index (χ2n) is 9.94. The third kappa shape index (κ3) is 6.29. The molecule has 0 spiro atoms. The van der Waals surface area contributed by atoms with Gasteiger partial charge < -0.3 is 19.4 Å². The third-order valence-electron chi connectivity index (χ3n) is 7.14. The number of hydrogen-bond acceptors (Lipinski definition) is 7. The van der Waals surface area contributed by atoms with E-state index in [2.05, 4.69) is 10.1 Å². The number of aromatic amines is 1. The van der Waals surface area contributed by atoms with Crippen molar-refractivity contribution in [1.29, 1.82) is 0 Å². The molecule has 3 aromatic rings. The van der Waals surface area contributed by atoms with E-state index in [0.717, 1.165) is 18.7 Å². The lowest BCUT2D eigenvalue weighted by molar-refractivity contribution is -0.139. The summed E-state index contributed by atoms with van der Waals surface area (Å²) in [5.41, 5.74) is -3.83. The van der Waals surface area contributed by atoms with E-state index in [1.54, 1.807) is 9.80 Å². The van der Waals surface area contributed by atoms with Crippen molar-refractivity contribution in [2.24, 2.45) is 0 Å². The lowest BCUT2D eigenvalue weighted by Crippen LogP contribution is -2.49. The summed E-state index contributed by atoms with van der Waals surface area (Å²) in [5, 5.41) is 5.65. The summed E-state index contributed by atoms with van der Waals surface area (Å²) in [6.45, 7) is 1.81. The largest absolute Gasteiger partial charge is 0.436 e. The molecule has 0 saturated carbocycles. The summed E-state index contributed by atoms with van der Waals surface area (Å²) < 4.78 is 86.0. The van der Waals surface area contributed by atoms with Crippen LogP contribution in [0.5, 0.6) is 11.6 Å². The van der Waals surface area contributed by atoms with Gasteiger partial charge in [-0.15, -0.1) is 5.10 Å². The smallest absolute Gasteiger partial charge is 0.423 e. The number of alkyl halides is 6. The lowest BCUT2D eigenvalue weighted by atomic mass is 10.1. The van der Waals surface area contributed by atoms with Crippen LogP contribution in [0.25, 0.3) is 0 Å². The molecule has 0 atom stereocenters. The Morgan fingerprint density at radius 3 is 2.19 bits per heavy atom. The number of ether oxygens (including phenoxy) is 1. The third-order valence-corrected chi connectivity index (χ3v) is 7.14. The first kappa shape index (κ1) is 29.2. The minimum Gasteiger partial charge on any atom is -0.436 e. The topological polar surface area (TPSA) is 94.7 Å². The number of amides is 1. The van der Waals surface area contributed by atoms with E-state index in [-0.39, 0.29) is 30.3 Å². The fourth-order valence-corrected chi connectivity index (χ4v) is 5.04. The van der Waals surface area contributed by atoms with Gasteiger partial charge in [-0.25, -0.2) is 10.1 Å². The molecule has 4 heterocycles. The normalized spacial score (nSPS) is 16.5. The van der Waals surface area contributed by atoms with Gasteiger partial charge in [0.25, 0.3) is 17.3 Å². The van der Waals surface area contributed by atoms with Gasteiger partial charge in [0.15, 0.2) is 5.56 Å². The quantitative estimate of drug-likeness (QED) is 0.417. The number of pyridine rings is 1. The Labute approximate surface area is 235 Å². The van der Waals surface area contributed by atoms with Crippen LogP contribution in [0.1, 0.15) is 40.7 Å². The number of piperidine rings is 1. The van der Waals surface area contributed by atoms with Gasteiger partial charge in [0, 0.05) is 51.0 Å². The Balaban J connectivity index is 1.31. The van der Waals surface area contributed by atoms with Crippen LogP contribution in [0, 0.1) is 0 Å². The van der Waals surface area contributed by atoms with Crippen LogP contribution in [0.2, 0.25) is 0 Å². The number of piperazine rings is 1. The monoisotopic (exact) mass is 596 g/mol. The number of carbonyl (C=O) groups is 1. The average Bonchev–Trinajstić information content (AvgIpc) is 2.97. The standard InChI is InChI=1S/C27H26F6N6O3/c28-26(29,30)18-7-8-20(34-16-18)37-11-13-39(14-12-37)25(41)17-5-4-6-19(15-17)42-24-22(38-9-2-1-3-10-38)21(27(31,32)33)23(40)35-36-24/h4-8,15-16H,1-3,9-14H2,(H,35,40). The van der Waals surface area contributed by atoms with Crippen LogP contribution < -0.4 is 20.1 Å². The van der Waals surface area contributed by atoms with Gasteiger partial charge in [0.05, 0.1) is 5.56 Å². The Morgan fingerprint density at radius 1 is 0.857 bits per heavy atom. The van der Waals surface area contributed by atoms with E-state index >= 15 is 0 Å². The minimum atomic E-state index is -4.95. The molecule has 2 aliphatic rings. The van der Waals surface area contributed by atoms with Crippen LogP contribution in [-0.4, -0.2) is 65.3 Å². The van der Waals surface area contributed by atoms with Gasteiger partial charge >= 0.3 is 12.4 Å². The highest BCUT2D eigenvalue weighted by Crippen LogP contribution is 2.41. The van der Waals surface area contributed by atoms with Crippen LogP contribution in [0.15, 0.2) is 47.4 Å². The van der Waals surface area contributed by atoms with E-state index in [9.17, 15) is 35.9 Å². The van der Waals surface area contributed by atoms with Crippen molar-refractivity contribution in [2.75, 3.05) is 49.1 Å². The molecule has 15 heteroatoms. The minimum absolute atomic E-state index is 0.0550. The number of rotatable bonds is 5. The van der Waals surface area contributed by atoms with Crippen molar-refractivity contribution in [3.05, 3.63) is 69.6 Å². The van der Waals surface area contributed by atoms with Gasteiger partial charge in [0.2, 0.25) is 0 Å². The zero-order valence-electron chi connectivity index (χ0n) is 22.1. The van der Waals surface area contributed by atoms with Crippen LogP contribution >= 0.6 is 0 Å². The summed E-state index contributed by atoms with van der Waals surface area (Å²) in [6.07, 6.45) is -6.52. The molecule has 2 aliphatic heterocycles. The van der Waals surface area contributed by atoms with Gasteiger partial charge in [0.1, 0.15) is 17.3 Å². The second-order valence-corrected chi connectivity index (χ2v) is 9.94. The summed E-state index contributed by atoms with van der Waals surface area (Å²) in [4.78, 5) is 34.1. The first-order chi connectivity index (χ1) is 19.9. The highest BCUT2D eigenvalue weighted by molar-refractivity contribution is 5.94. The molecule has 2 fully saturated rings. The maximum absolute atomic E-state index is 13.9. The molecule has 224 valence electrons. The number of hydrogen-bond donors (Lipinski definition) is 1. The summed E-state index contributed by atoms with van der Waals surface area (Å²) in [7, 11) is 0. The Bertz CT molecular complexity index is 1480. The predicted octanol–water partition coefficient (Wildman–Crippen LogP) is 4.95. The molecule has 1 aromatic carbocycles. The zero-order chi connectivity index (χ0) is 30.1. The van der Waals surface area contributed by atoms with Crippen LogP contribution in [0.4, 0.5) is 37.8 Å². The van der Waals surface area contributed by atoms with E-state index in [4.69, 9.17) is 4.74 Å². The summed E-state index contributed by atoms with van der Waals surface area (Å²) in [6, 6.07) is 8.14. The zero-order valence-corrected chi connectivity index (χ0v) is 22.1. The van der Waals surface area contributed by atoms with Crippen molar-refractivity contribution in [1.82, 2.24) is 20.1 Å². The summed E-state index contributed by atoms with van der Waals surface area (Å²) in [5.74, 6) is -0.366. The molecular weight excluding hydrogens is 570 g/mol. The molecule has 9 nitrogen and oxygen atoms in total. The first-order valence-corrected chi connectivity index (χ1v) is 13.2. The molecule has 2 saturated heterocycles. The van der Waals surface area contributed by atoms with E-state index in [0.29, 0.717) is 44.8 Å². The van der Waals surface area contributed by atoms with E-state index < -0.39 is 40.6 Å². The Hall–Kier alpha value is -4.30. The maximum Gasteiger partial charge on any atom is 0.423 e. The average molecular weight is 597 g/mol. The van der Waals surface area contributed by atoms with Crippen molar-refractivity contribution in [3.8, 4) is 11.6 Å². The number of carbonyl (C=O) groups excluding carboxylic acids is 1. The number of anilines is 2. The number of aromatic nitrogens is 3. The second kappa shape index (κ2) is 11.5. The van der Waals surface area contributed by atoms with Crippen LogP contribution in [-0.2, 0) is 12.4 Å². The highest BCUT2D eigenvalue weighted by atomic mass is 19.4. The lowest BCUT2D eigenvalue weighted by Gasteiger charge is -2.35. The SMILES string of the molecule is O=C(c1cccc(Oc2n[nH]c(=O)c(C(F)(F)F)c2N2CCCCC2)c1)N1CCN(c2ccc(C(F)(F)F)cn2)CC1. The molecular formula is C27H26F6N6O3. The number of benzene rings is 1. The van der Waals surface area contributed by atoms with Crippen molar-refractivity contribution < 1.29 is 35.9 Å². The molecule has 1 amide bonds. The molecule has 0 unspecified atom stereocenters. The fourth-order valence-electron chi connectivity index (χ4n) is 5.04. The Kier molecular flexibility index (Phi) is 8.01. The van der Waals surface area contributed by atoms with E-state index in [1.807, 2.05) is 5.10 Å². The van der Waals surface area contributed by atoms with Crippen LogP contribution in [0.3, 0.4) is 0 Å². The van der Waals surface area contributed by atoms with Crippen molar-refractivity contribution >= 4 is 17.4 Å². The number of H-pyrrole nitrogens is 1. The van der Waals surface area contributed by atoms with E-state index in [1.165, 1.54) is 35.2 Å². The molecule has 1 N–H and O–H groups in total. The molecule has 0 aliphatic carbocycles. The number of halogens is 6. The highest BCUT2D eigenvalue weighted by Gasteiger charge is 2.41. The molecule has 2 aromatic heterocycles. The van der Waals surface area contributed by atoms with Gasteiger partial charge in [-0.3, -0.25) is 9.59 Å². The van der Waals surface area contributed by atoms with Crippen molar-refractivity contribution in [3.63, 3.8) is 0 Å². The Morgan fingerprint density at radius 2 is 1.57 bits per heavy atom. The first-order valence-electron chi connectivity index (χ1n) is 13.2. The molecule has 5 rings (SSSR count). The molecule has 0 radical (unpaired) electrons. The van der Waals surface area contributed by atoms with Gasteiger partial charge in [-0.2, -0.15) is 26.3 Å². The molecule has 0 bridgehead atoms. The summed E-state index contributed by atoms with van der Waals surface area (Å²) >= 11 is 0. The predicted molar refractivity (Wildman–Crippen MR) is 140 cm³/mol.